The quantitative estimate of drug-likeness (QED) is 0.889. The van der Waals surface area contributed by atoms with Crippen molar-refractivity contribution in [2.24, 2.45) is 0 Å². The molecule has 0 aliphatic carbocycles. The van der Waals surface area contributed by atoms with Crippen molar-refractivity contribution in [1.29, 1.82) is 0 Å². The minimum Gasteiger partial charge on any atom is -0.439 e. The summed E-state index contributed by atoms with van der Waals surface area (Å²) in [5.41, 5.74) is 2.55. The number of halogens is 2. The fourth-order valence-electron chi connectivity index (χ4n) is 2.02. The molecule has 0 unspecified atom stereocenters. The van der Waals surface area contributed by atoms with Gasteiger partial charge in [0.2, 0.25) is 5.88 Å². The van der Waals surface area contributed by atoms with E-state index >= 15 is 0 Å². The first-order valence-corrected chi connectivity index (χ1v) is 7.18. The summed E-state index contributed by atoms with van der Waals surface area (Å²) in [5.74, 6) is 0.670. The zero-order valence-corrected chi connectivity index (χ0v) is 13.1. The molecule has 0 amide bonds. The number of nitrogens with one attached hydrogen (secondary N) is 1. The number of pyridine rings is 1. The van der Waals surface area contributed by atoms with Crippen molar-refractivity contribution in [1.82, 2.24) is 10.3 Å². The molecule has 5 heteroatoms. The molecule has 0 saturated carbocycles. The van der Waals surface area contributed by atoms with E-state index in [1.54, 1.807) is 0 Å². The van der Waals surface area contributed by atoms with Crippen LogP contribution in [0.15, 0.2) is 24.4 Å². The number of nitrogens with zero attached hydrogens (tertiary/aromatic N) is 1. The van der Waals surface area contributed by atoms with Crippen molar-refractivity contribution >= 4 is 11.6 Å². The van der Waals surface area contributed by atoms with E-state index in [2.05, 4.69) is 10.3 Å². The van der Waals surface area contributed by atoms with E-state index in [0.717, 1.165) is 28.9 Å². The first-order valence-electron chi connectivity index (χ1n) is 6.81. The lowest BCUT2D eigenvalue weighted by Gasteiger charge is -2.12. The number of hydrogen-bond acceptors (Lipinski definition) is 3. The number of benzene rings is 1. The standard InChI is InChI=1S/C16H18ClFN2O/c1-4-19-8-12-7-13(18)9-20-16(12)21-14-5-10(2)15(17)11(3)6-14/h5-7,9,19H,4,8H2,1-3H3. The maximum absolute atomic E-state index is 13.3. The van der Waals surface area contributed by atoms with Gasteiger partial charge in [0, 0.05) is 17.1 Å². The molecule has 1 aromatic heterocycles. The van der Waals surface area contributed by atoms with E-state index in [4.69, 9.17) is 16.3 Å². The summed E-state index contributed by atoms with van der Waals surface area (Å²) < 4.78 is 19.1. The Hall–Kier alpha value is -1.65. The van der Waals surface area contributed by atoms with E-state index in [-0.39, 0.29) is 5.82 Å². The molecule has 2 aromatic rings. The van der Waals surface area contributed by atoms with Crippen molar-refractivity contribution in [3.05, 3.63) is 51.9 Å². The maximum Gasteiger partial charge on any atom is 0.223 e. The van der Waals surface area contributed by atoms with Gasteiger partial charge < -0.3 is 10.1 Å². The second-order valence-electron chi connectivity index (χ2n) is 4.87. The molecule has 0 aliphatic heterocycles. The van der Waals surface area contributed by atoms with Crippen LogP contribution in [0, 0.1) is 19.7 Å². The normalized spacial score (nSPS) is 10.7. The zero-order chi connectivity index (χ0) is 15.4. The summed E-state index contributed by atoms with van der Waals surface area (Å²) in [6, 6.07) is 5.12. The predicted octanol–water partition coefficient (Wildman–Crippen LogP) is 4.39. The second-order valence-corrected chi connectivity index (χ2v) is 5.25. The van der Waals surface area contributed by atoms with Gasteiger partial charge in [-0.1, -0.05) is 18.5 Å². The van der Waals surface area contributed by atoms with Crippen LogP contribution in [0.4, 0.5) is 4.39 Å². The Morgan fingerprint density at radius 3 is 2.52 bits per heavy atom. The van der Waals surface area contributed by atoms with Gasteiger partial charge in [-0.05, 0) is 49.7 Å². The lowest BCUT2D eigenvalue weighted by Crippen LogP contribution is -2.13. The van der Waals surface area contributed by atoms with Gasteiger partial charge in [0.05, 0.1) is 6.20 Å². The number of aromatic nitrogens is 1. The Bertz CT molecular complexity index is 623. The van der Waals surface area contributed by atoms with Gasteiger partial charge in [-0.15, -0.1) is 0 Å². The molecule has 3 nitrogen and oxygen atoms in total. The molecule has 2 rings (SSSR count). The number of hydrogen-bond donors (Lipinski definition) is 1. The molecule has 0 atom stereocenters. The van der Waals surface area contributed by atoms with Gasteiger partial charge in [-0.3, -0.25) is 0 Å². The highest BCUT2D eigenvalue weighted by Gasteiger charge is 2.10. The summed E-state index contributed by atoms with van der Waals surface area (Å²) >= 11 is 6.14. The highest BCUT2D eigenvalue weighted by atomic mass is 35.5. The van der Waals surface area contributed by atoms with Crippen molar-refractivity contribution in [3.8, 4) is 11.6 Å². The van der Waals surface area contributed by atoms with Crippen LogP contribution in [-0.2, 0) is 6.54 Å². The molecule has 0 fully saturated rings. The minimum atomic E-state index is -0.376. The molecular weight excluding hydrogens is 291 g/mol. The lowest BCUT2D eigenvalue weighted by molar-refractivity contribution is 0.448. The Balaban J connectivity index is 2.30. The summed E-state index contributed by atoms with van der Waals surface area (Å²) in [6.07, 6.45) is 1.15. The summed E-state index contributed by atoms with van der Waals surface area (Å²) in [6.45, 7) is 7.11. The molecule has 1 N–H and O–H groups in total. The van der Waals surface area contributed by atoms with Gasteiger partial charge >= 0.3 is 0 Å². The van der Waals surface area contributed by atoms with Crippen LogP contribution < -0.4 is 10.1 Å². The number of aryl methyl sites for hydroxylation is 2. The molecule has 0 saturated heterocycles. The van der Waals surface area contributed by atoms with Crippen LogP contribution in [-0.4, -0.2) is 11.5 Å². The number of rotatable bonds is 5. The van der Waals surface area contributed by atoms with Gasteiger partial charge in [0.15, 0.2) is 0 Å². The SMILES string of the molecule is CCNCc1cc(F)cnc1Oc1cc(C)c(Cl)c(C)c1. The highest BCUT2D eigenvalue weighted by Crippen LogP contribution is 2.29. The first-order chi connectivity index (χ1) is 10.0. The molecule has 0 spiro atoms. The van der Waals surface area contributed by atoms with Gasteiger partial charge in [0.1, 0.15) is 11.6 Å². The van der Waals surface area contributed by atoms with Crippen LogP contribution >= 0.6 is 11.6 Å². The van der Waals surface area contributed by atoms with Crippen LogP contribution in [0.5, 0.6) is 11.6 Å². The first kappa shape index (κ1) is 15.7. The summed E-state index contributed by atoms with van der Waals surface area (Å²) in [5, 5.41) is 3.87. The van der Waals surface area contributed by atoms with Crippen LogP contribution in [0.25, 0.3) is 0 Å². The predicted molar refractivity (Wildman–Crippen MR) is 82.6 cm³/mol. The van der Waals surface area contributed by atoms with Crippen LogP contribution in [0.3, 0.4) is 0 Å². The topological polar surface area (TPSA) is 34.2 Å². The summed E-state index contributed by atoms with van der Waals surface area (Å²) in [4.78, 5) is 4.04. The third kappa shape index (κ3) is 3.93. The molecular formula is C16H18ClFN2O. The monoisotopic (exact) mass is 308 g/mol. The van der Waals surface area contributed by atoms with Crippen molar-refractivity contribution in [2.75, 3.05) is 6.54 Å². The Labute approximate surface area is 129 Å². The summed E-state index contributed by atoms with van der Waals surface area (Å²) in [7, 11) is 0. The van der Waals surface area contributed by atoms with E-state index in [0.29, 0.717) is 23.7 Å². The fraction of sp³-hybridized carbons (Fsp3) is 0.312. The highest BCUT2D eigenvalue weighted by molar-refractivity contribution is 6.32. The van der Waals surface area contributed by atoms with E-state index in [1.165, 1.54) is 6.07 Å². The maximum atomic E-state index is 13.3. The van der Waals surface area contributed by atoms with Crippen LogP contribution in [0.2, 0.25) is 5.02 Å². The second kappa shape index (κ2) is 6.87. The van der Waals surface area contributed by atoms with E-state index < -0.39 is 0 Å². The zero-order valence-electron chi connectivity index (χ0n) is 12.3. The van der Waals surface area contributed by atoms with Crippen molar-refractivity contribution < 1.29 is 9.13 Å². The van der Waals surface area contributed by atoms with Crippen molar-refractivity contribution in [3.63, 3.8) is 0 Å². The van der Waals surface area contributed by atoms with Gasteiger partial charge in [-0.25, -0.2) is 9.37 Å². The Kier molecular flexibility index (Phi) is 5.15. The molecule has 112 valence electrons. The number of ether oxygens (including phenoxy) is 1. The Morgan fingerprint density at radius 1 is 1.24 bits per heavy atom. The third-order valence-corrected chi connectivity index (χ3v) is 3.68. The minimum absolute atomic E-state index is 0.376. The lowest BCUT2D eigenvalue weighted by atomic mass is 10.1. The smallest absolute Gasteiger partial charge is 0.223 e. The molecule has 1 heterocycles. The van der Waals surface area contributed by atoms with E-state index in [9.17, 15) is 4.39 Å². The van der Waals surface area contributed by atoms with E-state index in [1.807, 2.05) is 32.9 Å². The van der Waals surface area contributed by atoms with Crippen molar-refractivity contribution in [2.45, 2.75) is 27.3 Å². The average molecular weight is 309 g/mol. The molecule has 0 aliphatic rings. The molecule has 0 bridgehead atoms. The Morgan fingerprint density at radius 2 is 1.90 bits per heavy atom. The van der Waals surface area contributed by atoms with Gasteiger partial charge in [-0.2, -0.15) is 0 Å². The largest absolute Gasteiger partial charge is 0.439 e. The fourth-order valence-corrected chi connectivity index (χ4v) is 2.13. The molecule has 1 aromatic carbocycles. The van der Waals surface area contributed by atoms with Gasteiger partial charge in [0.25, 0.3) is 0 Å². The molecule has 0 radical (unpaired) electrons. The average Bonchev–Trinajstić information content (AvgIpc) is 2.45. The third-order valence-electron chi connectivity index (χ3n) is 3.08. The van der Waals surface area contributed by atoms with Crippen LogP contribution in [0.1, 0.15) is 23.6 Å². The molecule has 21 heavy (non-hydrogen) atoms.